The molecule has 1 atom stereocenters. The van der Waals surface area contributed by atoms with Gasteiger partial charge < -0.3 is 4.74 Å². The molecular weight excluding hydrogens is 280 g/mol. The highest BCUT2D eigenvalue weighted by Crippen LogP contribution is 2.29. The van der Waals surface area contributed by atoms with Gasteiger partial charge in [0.25, 0.3) is 0 Å². The third-order valence-corrected chi connectivity index (χ3v) is 4.21. The van der Waals surface area contributed by atoms with Gasteiger partial charge in [-0.05, 0) is 38.0 Å². The minimum absolute atomic E-state index is 0.466. The molecule has 0 N–H and O–H groups in total. The Balaban J connectivity index is 1.67. The molecule has 0 fully saturated rings. The molecule has 0 saturated heterocycles. The van der Waals surface area contributed by atoms with Crippen LogP contribution in [-0.4, -0.2) is 0 Å². The Bertz CT molecular complexity index is 746. The van der Waals surface area contributed by atoms with E-state index in [1.54, 1.807) is 0 Å². The van der Waals surface area contributed by atoms with Gasteiger partial charge in [0, 0.05) is 11.5 Å². The molecule has 0 heterocycles. The second-order valence-electron chi connectivity index (χ2n) is 6.11. The van der Waals surface area contributed by atoms with Gasteiger partial charge in [0.2, 0.25) is 0 Å². The maximum atomic E-state index is 5.88. The van der Waals surface area contributed by atoms with E-state index in [0.29, 0.717) is 11.7 Å². The summed E-state index contributed by atoms with van der Waals surface area (Å²) in [5.41, 5.74) is 4.90. The van der Waals surface area contributed by atoms with Crippen LogP contribution in [0.3, 0.4) is 0 Å². The smallest absolute Gasteiger partial charge is 0.127 e. The Hall–Kier alpha value is -2.54. The Kier molecular flexibility index (Phi) is 4.47. The molecular formula is C22H22O. The fraction of sp³-hybridized carbons (Fsp3) is 0.182. The van der Waals surface area contributed by atoms with Crippen LogP contribution in [0.4, 0.5) is 0 Å². The van der Waals surface area contributed by atoms with Crippen LogP contribution in [0.25, 0.3) is 5.76 Å². The van der Waals surface area contributed by atoms with Gasteiger partial charge in [-0.3, -0.25) is 0 Å². The van der Waals surface area contributed by atoms with E-state index in [0.717, 1.165) is 17.7 Å². The molecule has 1 aliphatic carbocycles. The molecule has 0 amide bonds. The number of rotatable bonds is 4. The van der Waals surface area contributed by atoms with Gasteiger partial charge in [0.1, 0.15) is 11.5 Å². The average molecular weight is 302 g/mol. The molecule has 0 spiro atoms. The van der Waals surface area contributed by atoms with Crippen molar-refractivity contribution in [3.05, 3.63) is 95.6 Å². The molecule has 0 saturated carbocycles. The summed E-state index contributed by atoms with van der Waals surface area (Å²) < 4.78 is 5.88. The van der Waals surface area contributed by atoms with Crippen LogP contribution in [0.15, 0.2) is 78.9 Å². The van der Waals surface area contributed by atoms with Gasteiger partial charge in [-0.25, -0.2) is 0 Å². The SMILES string of the molecule is C=C(Oc1ccc(C2C=CC(C)=CC2)cc1)c1ccc(C)cc1. The largest absolute Gasteiger partial charge is 0.457 e. The Morgan fingerprint density at radius 1 is 1.00 bits per heavy atom. The van der Waals surface area contributed by atoms with E-state index in [-0.39, 0.29) is 0 Å². The first-order chi connectivity index (χ1) is 11.1. The van der Waals surface area contributed by atoms with Crippen LogP contribution in [0.2, 0.25) is 0 Å². The van der Waals surface area contributed by atoms with Crippen molar-refractivity contribution in [1.82, 2.24) is 0 Å². The minimum atomic E-state index is 0.466. The zero-order chi connectivity index (χ0) is 16.2. The summed E-state index contributed by atoms with van der Waals surface area (Å²) in [6, 6.07) is 16.5. The highest BCUT2D eigenvalue weighted by atomic mass is 16.5. The van der Waals surface area contributed by atoms with Gasteiger partial charge >= 0.3 is 0 Å². The normalized spacial score (nSPS) is 16.8. The van der Waals surface area contributed by atoms with Crippen molar-refractivity contribution < 1.29 is 4.74 Å². The summed E-state index contributed by atoms with van der Waals surface area (Å²) in [7, 11) is 0. The van der Waals surface area contributed by atoms with Crippen molar-refractivity contribution in [1.29, 1.82) is 0 Å². The molecule has 2 aromatic carbocycles. The van der Waals surface area contributed by atoms with E-state index >= 15 is 0 Å². The van der Waals surface area contributed by atoms with Crippen molar-refractivity contribution >= 4 is 5.76 Å². The van der Waals surface area contributed by atoms with Crippen molar-refractivity contribution in [2.24, 2.45) is 0 Å². The molecule has 0 bridgehead atoms. The molecule has 0 aliphatic heterocycles. The van der Waals surface area contributed by atoms with Crippen molar-refractivity contribution in [2.45, 2.75) is 26.2 Å². The van der Waals surface area contributed by atoms with Gasteiger partial charge in [0.15, 0.2) is 0 Å². The molecule has 116 valence electrons. The quantitative estimate of drug-likeness (QED) is 0.626. The molecule has 23 heavy (non-hydrogen) atoms. The molecule has 1 aliphatic rings. The number of benzene rings is 2. The zero-order valence-electron chi connectivity index (χ0n) is 13.8. The van der Waals surface area contributed by atoms with E-state index in [1.165, 1.54) is 16.7 Å². The number of hydrogen-bond acceptors (Lipinski definition) is 1. The molecule has 3 rings (SSSR count). The van der Waals surface area contributed by atoms with Gasteiger partial charge in [0.05, 0.1) is 0 Å². The number of ether oxygens (including phenoxy) is 1. The highest BCUT2D eigenvalue weighted by Gasteiger charge is 2.10. The summed E-state index contributed by atoms with van der Waals surface area (Å²) in [5, 5.41) is 0. The maximum Gasteiger partial charge on any atom is 0.127 e. The molecule has 1 heteroatoms. The van der Waals surface area contributed by atoms with E-state index < -0.39 is 0 Å². The van der Waals surface area contributed by atoms with Crippen molar-refractivity contribution in [3.8, 4) is 5.75 Å². The van der Waals surface area contributed by atoms with Crippen LogP contribution < -0.4 is 4.74 Å². The standard InChI is InChI=1S/C22H22O/c1-16-4-8-19(9-5-16)18(3)23-22-14-12-21(13-15-22)20-10-6-17(2)7-11-20/h4-10,12-15,20H,3,11H2,1-2H3. The van der Waals surface area contributed by atoms with E-state index in [2.05, 4.69) is 62.9 Å². The number of allylic oxidation sites excluding steroid dienone is 4. The third kappa shape index (κ3) is 3.81. The molecule has 1 nitrogen and oxygen atoms in total. The zero-order valence-corrected chi connectivity index (χ0v) is 13.8. The van der Waals surface area contributed by atoms with Crippen molar-refractivity contribution in [2.75, 3.05) is 0 Å². The van der Waals surface area contributed by atoms with Gasteiger partial charge in [-0.15, -0.1) is 0 Å². The molecule has 0 radical (unpaired) electrons. The van der Waals surface area contributed by atoms with Crippen LogP contribution in [0, 0.1) is 6.92 Å². The first-order valence-electron chi connectivity index (χ1n) is 8.00. The molecule has 2 aromatic rings. The molecule has 1 unspecified atom stereocenters. The lowest BCUT2D eigenvalue weighted by Gasteiger charge is -2.16. The highest BCUT2D eigenvalue weighted by molar-refractivity contribution is 5.60. The summed E-state index contributed by atoms with van der Waals surface area (Å²) in [6.07, 6.45) is 7.82. The lowest BCUT2D eigenvalue weighted by molar-refractivity contribution is 0.516. The van der Waals surface area contributed by atoms with E-state index in [4.69, 9.17) is 4.74 Å². The average Bonchev–Trinajstić information content (AvgIpc) is 2.57. The van der Waals surface area contributed by atoms with E-state index in [1.807, 2.05) is 24.3 Å². The lowest BCUT2D eigenvalue weighted by atomic mass is 9.90. The second-order valence-corrected chi connectivity index (χ2v) is 6.11. The first-order valence-corrected chi connectivity index (χ1v) is 8.00. The van der Waals surface area contributed by atoms with Gasteiger partial charge in [-0.1, -0.05) is 72.3 Å². The third-order valence-electron chi connectivity index (χ3n) is 4.21. The van der Waals surface area contributed by atoms with Crippen LogP contribution in [0.1, 0.15) is 36.0 Å². The number of hydrogen-bond donors (Lipinski definition) is 0. The topological polar surface area (TPSA) is 9.23 Å². The van der Waals surface area contributed by atoms with Crippen LogP contribution in [0.5, 0.6) is 5.75 Å². The predicted molar refractivity (Wildman–Crippen MR) is 97.5 cm³/mol. The Labute approximate surface area is 138 Å². The van der Waals surface area contributed by atoms with Crippen molar-refractivity contribution in [3.63, 3.8) is 0 Å². The summed E-state index contributed by atoms with van der Waals surface area (Å²) in [4.78, 5) is 0. The Morgan fingerprint density at radius 2 is 1.70 bits per heavy atom. The minimum Gasteiger partial charge on any atom is -0.457 e. The van der Waals surface area contributed by atoms with Crippen LogP contribution in [-0.2, 0) is 0 Å². The first kappa shape index (κ1) is 15.4. The Morgan fingerprint density at radius 3 is 2.30 bits per heavy atom. The fourth-order valence-corrected chi connectivity index (χ4v) is 2.70. The van der Waals surface area contributed by atoms with E-state index in [9.17, 15) is 0 Å². The molecule has 0 aromatic heterocycles. The second kappa shape index (κ2) is 6.70. The lowest BCUT2D eigenvalue weighted by Crippen LogP contribution is -1.98. The summed E-state index contributed by atoms with van der Waals surface area (Å²) in [5.74, 6) is 1.97. The van der Waals surface area contributed by atoms with Crippen LogP contribution >= 0.6 is 0 Å². The predicted octanol–water partition coefficient (Wildman–Crippen LogP) is 6.03. The number of aryl methyl sites for hydroxylation is 1. The monoisotopic (exact) mass is 302 g/mol. The summed E-state index contributed by atoms with van der Waals surface area (Å²) >= 11 is 0. The fourth-order valence-electron chi connectivity index (χ4n) is 2.70. The summed E-state index contributed by atoms with van der Waals surface area (Å²) in [6.45, 7) is 8.24. The maximum absolute atomic E-state index is 5.88. The van der Waals surface area contributed by atoms with Gasteiger partial charge in [-0.2, -0.15) is 0 Å².